The Labute approximate surface area is 106 Å². The summed E-state index contributed by atoms with van der Waals surface area (Å²) >= 11 is 0. The predicted octanol–water partition coefficient (Wildman–Crippen LogP) is 4.23. The molecule has 1 aromatic carbocycles. The Morgan fingerprint density at radius 3 is 2.47 bits per heavy atom. The van der Waals surface area contributed by atoms with Gasteiger partial charge in [0.15, 0.2) is 0 Å². The topological polar surface area (TPSA) is 12.0 Å². The van der Waals surface area contributed by atoms with E-state index in [-0.39, 0.29) is 0 Å². The van der Waals surface area contributed by atoms with Crippen LogP contribution in [0.2, 0.25) is 0 Å². The zero-order valence-corrected chi connectivity index (χ0v) is 11.2. The molecule has 1 heteroatoms. The average molecular weight is 231 g/mol. The maximum atomic E-state index is 3.70. The van der Waals surface area contributed by atoms with Crippen molar-refractivity contribution >= 4 is 0 Å². The third-order valence-corrected chi connectivity index (χ3v) is 3.91. The molecule has 1 aliphatic rings. The summed E-state index contributed by atoms with van der Waals surface area (Å²) in [5.41, 5.74) is 2.82. The van der Waals surface area contributed by atoms with Crippen LogP contribution in [0.5, 0.6) is 0 Å². The molecule has 2 rings (SSSR count). The third-order valence-electron chi connectivity index (χ3n) is 3.91. The summed E-state index contributed by atoms with van der Waals surface area (Å²) in [6, 6.07) is 9.62. The Hall–Kier alpha value is -0.820. The molecule has 0 heterocycles. The number of aryl methyl sites for hydroxylation is 1. The largest absolute Gasteiger partial charge is 0.310 e. The van der Waals surface area contributed by atoms with Crippen molar-refractivity contribution in [2.45, 2.75) is 52.0 Å². The standard InChI is InChI=1S/C16H25N/c1-3-11-17-16(12-14-5-4-6-14)15-9-7-13(2)8-10-15/h7-10,14,16-17H,3-6,11-12H2,1-2H3. The Balaban J connectivity index is 1.99. The van der Waals surface area contributed by atoms with Crippen molar-refractivity contribution in [3.63, 3.8) is 0 Å². The molecule has 0 radical (unpaired) electrons. The summed E-state index contributed by atoms with van der Waals surface area (Å²) < 4.78 is 0. The molecular formula is C16H25N. The number of rotatable bonds is 6. The van der Waals surface area contributed by atoms with Gasteiger partial charge in [-0.15, -0.1) is 0 Å². The molecule has 0 amide bonds. The van der Waals surface area contributed by atoms with E-state index in [9.17, 15) is 0 Å². The summed E-state index contributed by atoms with van der Waals surface area (Å²) in [6.45, 7) is 5.53. The van der Waals surface area contributed by atoms with Crippen LogP contribution in [-0.4, -0.2) is 6.54 Å². The normalized spacial score (nSPS) is 17.8. The first-order valence-electron chi connectivity index (χ1n) is 7.09. The molecule has 1 atom stereocenters. The monoisotopic (exact) mass is 231 g/mol. The van der Waals surface area contributed by atoms with E-state index in [1.54, 1.807) is 0 Å². The summed E-state index contributed by atoms with van der Waals surface area (Å²) in [5, 5.41) is 3.70. The second-order valence-electron chi connectivity index (χ2n) is 5.45. The molecule has 0 bridgehead atoms. The first kappa shape index (κ1) is 12.6. The highest BCUT2D eigenvalue weighted by atomic mass is 14.9. The van der Waals surface area contributed by atoms with Crippen LogP contribution in [0.15, 0.2) is 24.3 Å². The Morgan fingerprint density at radius 2 is 1.94 bits per heavy atom. The molecule has 1 saturated carbocycles. The Kier molecular flexibility index (Phi) is 4.61. The van der Waals surface area contributed by atoms with Gasteiger partial charge < -0.3 is 5.32 Å². The second-order valence-corrected chi connectivity index (χ2v) is 5.45. The number of benzene rings is 1. The van der Waals surface area contributed by atoms with E-state index in [2.05, 4.69) is 43.4 Å². The number of hydrogen-bond acceptors (Lipinski definition) is 1. The molecule has 0 spiro atoms. The molecule has 94 valence electrons. The molecule has 17 heavy (non-hydrogen) atoms. The van der Waals surface area contributed by atoms with Gasteiger partial charge in [-0.1, -0.05) is 56.0 Å². The van der Waals surface area contributed by atoms with Gasteiger partial charge in [-0.3, -0.25) is 0 Å². The van der Waals surface area contributed by atoms with Gasteiger partial charge in [0.2, 0.25) is 0 Å². The van der Waals surface area contributed by atoms with Crippen molar-refractivity contribution in [1.29, 1.82) is 0 Å². The zero-order chi connectivity index (χ0) is 12.1. The van der Waals surface area contributed by atoms with E-state index in [0.29, 0.717) is 6.04 Å². The van der Waals surface area contributed by atoms with Crippen molar-refractivity contribution in [3.05, 3.63) is 35.4 Å². The van der Waals surface area contributed by atoms with Gasteiger partial charge in [-0.25, -0.2) is 0 Å². The van der Waals surface area contributed by atoms with E-state index >= 15 is 0 Å². The van der Waals surface area contributed by atoms with Crippen molar-refractivity contribution in [2.24, 2.45) is 5.92 Å². The quantitative estimate of drug-likeness (QED) is 0.772. The summed E-state index contributed by atoms with van der Waals surface area (Å²) in [4.78, 5) is 0. The van der Waals surface area contributed by atoms with E-state index in [1.165, 1.54) is 43.2 Å². The van der Waals surface area contributed by atoms with Crippen LogP contribution >= 0.6 is 0 Å². The van der Waals surface area contributed by atoms with Gasteiger partial charge in [0, 0.05) is 6.04 Å². The van der Waals surface area contributed by atoms with Crippen molar-refractivity contribution in [2.75, 3.05) is 6.54 Å². The fraction of sp³-hybridized carbons (Fsp3) is 0.625. The van der Waals surface area contributed by atoms with E-state index in [4.69, 9.17) is 0 Å². The minimum atomic E-state index is 0.570. The SMILES string of the molecule is CCCNC(CC1CCC1)c1ccc(C)cc1. The van der Waals surface area contributed by atoms with Crippen molar-refractivity contribution < 1.29 is 0 Å². The fourth-order valence-electron chi connectivity index (χ4n) is 2.52. The summed E-state index contributed by atoms with van der Waals surface area (Å²) in [6.07, 6.45) is 6.86. The van der Waals surface area contributed by atoms with Crippen LogP contribution in [0.25, 0.3) is 0 Å². The number of nitrogens with one attached hydrogen (secondary N) is 1. The highest BCUT2D eigenvalue weighted by Gasteiger charge is 2.22. The van der Waals surface area contributed by atoms with Crippen molar-refractivity contribution in [3.8, 4) is 0 Å². The van der Waals surface area contributed by atoms with E-state index in [1.807, 2.05) is 0 Å². The lowest BCUT2D eigenvalue weighted by atomic mass is 9.79. The summed E-state index contributed by atoms with van der Waals surface area (Å²) in [5.74, 6) is 0.964. The minimum Gasteiger partial charge on any atom is -0.310 e. The van der Waals surface area contributed by atoms with E-state index < -0.39 is 0 Å². The van der Waals surface area contributed by atoms with Crippen LogP contribution in [0.1, 0.15) is 56.2 Å². The lowest BCUT2D eigenvalue weighted by Gasteiger charge is -2.30. The first-order valence-corrected chi connectivity index (χ1v) is 7.09. The van der Waals surface area contributed by atoms with Gasteiger partial charge in [0.05, 0.1) is 0 Å². The van der Waals surface area contributed by atoms with Crippen LogP contribution in [0.4, 0.5) is 0 Å². The Bertz CT molecular complexity index is 324. The molecule has 0 saturated heterocycles. The molecule has 1 aromatic rings. The molecule has 1 fully saturated rings. The molecule has 1 aliphatic carbocycles. The van der Waals surface area contributed by atoms with Gasteiger partial charge in [0.1, 0.15) is 0 Å². The summed E-state index contributed by atoms with van der Waals surface area (Å²) in [7, 11) is 0. The number of hydrogen-bond donors (Lipinski definition) is 1. The maximum Gasteiger partial charge on any atom is 0.0322 e. The van der Waals surface area contributed by atoms with E-state index in [0.717, 1.165) is 12.5 Å². The second kappa shape index (κ2) is 6.20. The van der Waals surface area contributed by atoms with Crippen LogP contribution in [0.3, 0.4) is 0 Å². The smallest absolute Gasteiger partial charge is 0.0322 e. The molecule has 1 N–H and O–H groups in total. The van der Waals surface area contributed by atoms with Crippen LogP contribution in [0, 0.1) is 12.8 Å². The molecule has 0 aromatic heterocycles. The zero-order valence-electron chi connectivity index (χ0n) is 11.2. The van der Waals surface area contributed by atoms with Gasteiger partial charge in [-0.2, -0.15) is 0 Å². The molecule has 0 aliphatic heterocycles. The molecular weight excluding hydrogens is 206 g/mol. The highest BCUT2D eigenvalue weighted by Crippen LogP contribution is 2.34. The lowest BCUT2D eigenvalue weighted by molar-refractivity contribution is 0.261. The van der Waals surface area contributed by atoms with Gasteiger partial charge in [0.25, 0.3) is 0 Å². The van der Waals surface area contributed by atoms with Crippen LogP contribution in [-0.2, 0) is 0 Å². The van der Waals surface area contributed by atoms with Crippen LogP contribution < -0.4 is 5.32 Å². The first-order chi connectivity index (χ1) is 8.29. The van der Waals surface area contributed by atoms with Gasteiger partial charge in [-0.05, 0) is 37.8 Å². The minimum absolute atomic E-state index is 0.570. The van der Waals surface area contributed by atoms with Crippen molar-refractivity contribution in [1.82, 2.24) is 5.32 Å². The molecule has 1 nitrogen and oxygen atoms in total. The third kappa shape index (κ3) is 3.57. The van der Waals surface area contributed by atoms with Gasteiger partial charge >= 0.3 is 0 Å². The maximum absolute atomic E-state index is 3.70. The molecule has 1 unspecified atom stereocenters. The highest BCUT2D eigenvalue weighted by molar-refractivity contribution is 5.24. The average Bonchev–Trinajstić information content (AvgIpc) is 2.28. The predicted molar refractivity (Wildman–Crippen MR) is 74.2 cm³/mol. The Morgan fingerprint density at radius 1 is 1.24 bits per heavy atom. The fourth-order valence-corrected chi connectivity index (χ4v) is 2.52. The lowest BCUT2D eigenvalue weighted by Crippen LogP contribution is -2.26.